The van der Waals surface area contributed by atoms with Gasteiger partial charge in [0.25, 0.3) is 5.91 Å². The molecule has 0 atom stereocenters. The minimum Gasteiger partial charge on any atom is -0.508 e. The monoisotopic (exact) mass is 341 g/mol. The van der Waals surface area contributed by atoms with Gasteiger partial charge in [-0.1, -0.05) is 0 Å². The van der Waals surface area contributed by atoms with Crippen LogP contribution in [-0.4, -0.2) is 16.0 Å². The lowest BCUT2D eigenvalue weighted by Crippen LogP contribution is -2.14. The van der Waals surface area contributed by atoms with Crippen molar-refractivity contribution in [3.63, 3.8) is 0 Å². The Morgan fingerprint density at radius 1 is 1.00 bits per heavy atom. The third kappa shape index (κ3) is 3.89. The largest absolute Gasteiger partial charge is 0.508 e. The van der Waals surface area contributed by atoms with Crippen LogP contribution in [0.25, 0.3) is 0 Å². The maximum atomic E-state index is 13.3. The van der Waals surface area contributed by atoms with Crippen molar-refractivity contribution in [2.24, 2.45) is 0 Å². The van der Waals surface area contributed by atoms with Gasteiger partial charge in [-0.05, 0) is 54.6 Å². The highest BCUT2D eigenvalue weighted by atomic mass is 19.2. The predicted octanol–water partition coefficient (Wildman–Crippen LogP) is 4.06. The molecule has 3 rings (SSSR count). The summed E-state index contributed by atoms with van der Waals surface area (Å²) in [5.41, 5.74) is 1.00. The summed E-state index contributed by atoms with van der Waals surface area (Å²) < 4.78 is 26.3. The van der Waals surface area contributed by atoms with Crippen LogP contribution >= 0.6 is 0 Å². The van der Waals surface area contributed by atoms with Gasteiger partial charge < -0.3 is 15.7 Å². The predicted molar refractivity (Wildman–Crippen MR) is 89.9 cm³/mol. The van der Waals surface area contributed by atoms with Crippen molar-refractivity contribution in [3.8, 4) is 5.75 Å². The quantitative estimate of drug-likeness (QED) is 0.626. The van der Waals surface area contributed by atoms with E-state index in [1.807, 2.05) is 0 Å². The van der Waals surface area contributed by atoms with Crippen LogP contribution < -0.4 is 10.6 Å². The summed E-state index contributed by atoms with van der Waals surface area (Å²) in [6, 6.07) is 12.5. The second-order valence-corrected chi connectivity index (χ2v) is 5.15. The molecule has 0 aliphatic rings. The minimum absolute atomic E-state index is 0.0154. The molecular formula is C18H13F2N3O2. The number of aromatic nitrogens is 1. The number of nitrogens with zero attached hydrogens (tertiary/aromatic N) is 1. The Balaban J connectivity index is 1.81. The third-order valence-electron chi connectivity index (χ3n) is 3.37. The number of pyridine rings is 1. The number of benzene rings is 2. The maximum absolute atomic E-state index is 13.3. The van der Waals surface area contributed by atoms with E-state index in [1.54, 1.807) is 24.3 Å². The zero-order chi connectivity index (χ0) is 17.8. The molecule has 5 nitrogen and oxygen atoms in total. The third-order valence-corrected chi connectivity index (χ3v) is 3.37. The van der Waals surface area contributed by atoms with Gasteiger partial charge in [0.1, 0.15) is 5.75 Å². The number of anilines is 3. The number of carbonyl (C=O) groups is 1. The number of aromatic hydroxyl groups is 1. The van der Waals surface area contributed by atoms with Gasteiger partial charge in [-0.2, -0.15) is 0 Å². The SMILES string of the molecule is O=C(Nc1cccnc1Nc1ccc(O)cc1)c1ccc(F)c(F)c1. The molecule has 1 heterocycles. The molecule has 7 heteroatoms. The van der Waals surface area contributed by atoms with Crippen LogP contribution in [0.2, 0.25) is 0 Å². The highest BCUT2D eigenvalue weighted by molar-refractivity contribution is 6.05. The van der Waals surface area contributed by atoms with Crippen molar-refractivity contribution < 1.29 is 18.7 Å². The van der Waals surface area contributed by atoms with Gasteiger partial charge in [0.2, 0.25) is 0 Å². The van der Waals surface area contributed by atoms with Crippen LogP contribution in [0.1, 0.15) is 10.4 Å². The van der Waals surface area contributed by atoms with Crippen molar-refractivity contribution in [2.45, 2.75) is 0 Å². The molecule has 0 radical (unpaired) electrons. The molecule has 1 amide bonds. The maximum Gasteiger partial charge on any atom is 0.255 e. The second kappa shape index (κ2) is 6.96. The fourth-order valence-corrected chi connectivity index (χ4v) is 2.12. The summed E-state index contributed by atoms with van der Waals surface area (Å²) in [7, 11) is 0. The van der Waals surface area contributed by atoms with Gasteiger partial charge in [-0.15, -0.1) is 0 Å². The van der Waals surface area contributed by atoms with E-state index in [0.29, 0.717) is 17.2 Å². The first-order valence-corrected chi connectivity index (χ1v) is 7.30. The average molecular weight is 341 g/mol. The van der Waals surface area contributed by atoms with Crippen LogP contribution in [-0.2, 0) is 0 Å². The summed E-state index contributed by atoms with van der Waals surface area (Å²) in [4.78, 5) is 16.4. The zero-order valence-corrected chi connectivity index (χ0v) is 12.8. The van der Waals surface area contributed by atoms with E-state index in [2.05, 4.69) is 15.6 Å². The highest BCUT2D eigenvalue weighted by Crippen LogP contribution is 2.24. The van der Waals surface area contributed by atoms with E-state index in [4.69, 9.17) is 0 Å². The van der Waals surface area contributed by atoms with Gasteiger partial charge in [-0.3, -0.25) is 4.79 Å². The van der Waals surface area contributed by atoms with Gasteiger partial charge in [-0.25, -0.2) is 13.8 Å². The Morgan fingerprint density at radius 3 is 2.48 bits per heavy atom. The zero-order valence-electron chi connectivity index (χ0n) is 12.8. The summed E-state index contributed by atoms with van der Waals surface area (Å²) in [6.45, 7) is 0. The van der Waals surface area contributed by atoms with Gasteiger partial charge in [0.15, 0.2) is 17.5 Å². The molecule has 0 aliphatic carbocycles. The normalized spacial score (nSPS) is 10.3. The topological polar surface area (TPSA) is 74.2 Å². The average Bonchev–Trinajstić information content (AvgIpc) is 2.61. The van der Waals surface area contributed by atoms with Gasteiger partial charge >= 0.3 is 0 Å². The Labute approximate surface area is 142 Å². The van der Waals surface area contributed by atoms with Crippen LogP contribution in [0.15, 0.2) is 60.8 Å². The molecule has 25 heavy (non-hydrogen) atoms. The lowest BCUT2D eigenvalue weighted by molar-refractivity contribution is 0.102. The molecule has 0 fully saturated rings. The van der Waals surface area contributed by atoms with Crippen molar-refractivity contribution in [1.29, 1.82) is 0 Å². The molecule has 0 aliphatic heterocycles. The fraction of sp³-hybridized carbons (Fsp3) is 0. The van der Waals surface area contributed by atoms with Crippen LogP contribution in [0.4, 0.5) is 26.0 Å². The minimum atomic E-state index is -1.10. The van der Waals surface area contributed by atoms with Crippen LogP contribution in [0.5, 0.6) is 5.75 Å². The number of carbonyl (C=O) groups excluding carboxylic acids is 1. The highest BCUT2D eigenvalue weighted by Gasteiger charge is 2.12. The molecule has 0 bridgehead atoms. The lowest BCUT2D eigenvalue weighted by atomic mass is 10.2. The molecule has 0 unspecified atom stereocenters. The molecule has 3 N–H and O–H groups in total. The molecule has 0 saturated heterocycles. The van der Waals surface area contributed by atoms with Crippen LogP contribution in [0, 0.1) is 11.6 Å². The number of halogens is 2. The number of amides is 1. The first-order valence-electron chi connectivity index (χ1n) is 7.30. The Kier molecular flexibility index (Phi) is 4.56. The van der Waals surface area contributed by atoms with E-state index >= 15 is 0 Å². The summed E-state index contributed by atoms with van der Waals surface area (Å²) >= 11 is 0. The van der Waals surface area contributed by atoms with E-state index < -0.39 is 17.5 Å². The number of hydrogen-bond acceptors (Lipinski definition) is 4. The van der Waals surface area contributed by atoms with Gasteiger partial charge in [0.05, 0.1) is 5.69 Å². The summed E-state index contributed by atoms with van der Waals surface area (Å²) in [5.74, 6) is -2.22. The van der Waals surface area contributed by atoms with E-state index in [9.17, 15) is 18.7 Å². The molecule has 0 saturated carbocycles. The first kappa shape index (κ1) is 16.4. The van der Waals surface area contributed by atoms with Crippen molar-refractivity contribution in [2.75, 3.05) is 10.6 Å². The van der Waals surface area contributed by atoms with E-state index in [1.165, 1.54) is 24.4 Å². The standard InChI is InChI=1S/C18H13F2N3O2/c19-14-8-3-11(10-15(14)20)18(25)23-16-2-1-9-21-17(16)22-12-4-6-13(24)7-5-12/h1-10,24H,(H,21,22)(H,23,25). The number of phenols is 1. The Morgan fingerprint density at radius 2 is 1.76 bits per heavy atom. The Bertz CT molecular complexity index is 914. The number of phenolic OH excluding ortho intramolecular Hbond substituents is 1. The van der Waals surface area contributed by atoms with E-state index in [0.717, 1.165) is 12.1 Å². The van der Waals surface area contributed by atoms with Crippen molar-refractivity contribution >= 4 is 23.1 Å². The van der Waals surface area contributed by atoms with Gasteiger partial charge in [0, 0.05) is 17.4 Å². The fourth-order valence-electron chi connectivity index (χ4n) is 2.12. The van der Waals surface area contributed by atoms with Crippen LogP contribution in [0.3, 0.4) is 0 Å². The lowest BCUT2D eigenvalue weighted by Gasteiger charge is -2.12. The molecule has 1 aromatic heterocycles. The molecular weight excluding hydrogens is 328 g/mol. The number of hydrogen-bond donors (Lipinski definition) is 3. The second-order valence-electron chi connectivity index (χ2n) is 5.15. The Hall–Kier alpha value is -3.48. The molecule has 126 valence electrons. The molecule has 2 aromatic carbocycles. The van der Waals surface area contributed by atoms with E-state index in [-0.39, 0.29) is 11.3 Å². The number of rotatable bonds is 4. The molecule has 0 spiro atoms. The first-order chi connectivity index (χ1) is 12.0. The number of nitrogens with one attached hydrogen (secondary N) is 2. The van der Waals surface area contributed by atoms with Crippen molar-refractivity contribution in [3.05, 3.63) is 78.0 Å². The van der Waals surface area contributed by atoms with Crippen molar-refractivity contribution in [1.82, 2.24) is 4.98 Å². The summed E-state index contributed by atoms with van der Waals surface area (Å²) in [5, 5.41) is 14.9. The smallest absolute Gasteiger partial charge is 0.255 e. The summed E-state index contributed by atoms with van der Waals surface area (Å²) in [6.07, 6.45) is 1.54. The molecule has 3 aromatic rings.